The minimum absolute atomic E-state index is 0.167. The van der Waals surface area contributed by atoms with E-state index in [0.29, 0.717) is 6.04 Å². The highest BCUT2D eigenvalue weighted by molar-refractivity contribution is 4.82. The zero-order valence-electron chi connectivity index (χ0n) is 9.79. The van der Waals surface area contributed by atoms with E-state index in [9.17, 15) is 5.11 Å². The molecule has 4 unspecified atom stereocenters. The molecule has 0 aliphatic heterocycles. The summed E-state index contributed by atoms with van der Waals surface area (Å²) in [6.45, 7) is 7.46. The van der Waals surface area contributed by atoms with Crippen LogP contribution in [0.1, 0.15) is 46.5 Å². The lowest BCUT2D eigenvalue weighted by molar-refractivity contribution is 0.140. The van der Waals surface area contributed by atoms with Crippen molar-refractivity contribution in [2.24, 2.45) is 11.8 Å². The SMILES string of the molecule is CCC(O)CNC1CCCC(C)C1C. The molecular weight excluding hydrogens is 174 g/mol. The normalized spacial score (nSPS) is 35.6. The third-order valence-corrected chi connectivity index (χ3v) is 3.79. The molecule has 2 heteroatoms. The summed E-state index contributed by atoms with van der Waals surface area (Å²) in [5, 5.41) is 13.0. The maximum absolute atomic E-state index is 9.48. The van der Waals surface area contributed by atoms with Gasteiger partial charge in [-0.05, 0) is 24.7 Å². The second-order valence-electron chi connectivity index (χ2n) is 4.84. The smallest absolute Gasteiger partial charge is 0.0662 e. The lowest BCUT2D eigenvalue weighted by Crippen LogP contribution is -2.43. The second-order valence-corrected chi connectivity index (χ2v) is 4.84. The lowest BCUT2D eigenvalue weighted by atomic mass is 9.78. The van der Waals surface area contributed by atoms with Crippen LogP contribution in [-0.2, 0) is 0 Å². The average molecular weight is 199 g/mol. The summed E-state index contributed by atoms with van der Waals surface area (Å²) in [5.74, 6) is 1.59. The van der Waals surface area contributed by atoms with Gasteiger partial charge in [0.25, 0.3) is 0 Å². The molecule has 0 bridgehead atoms. The van der Waals surface area contributed by atoms with Gasteiger partial charge in [-0.25, -0.2) is 0 Å². The van der Waals surface area contributed by atoms with Crippen LogP contribution in [-0.4, -0.2) is 23.8 Å². The van der Waals surface area contributed by atoms with Crippen molar-refractivity contribution in [1.29, 1.82) is 0 Å². The third kappa shape index (κ3) is 3.25. The number of aliphatic hydroxyl groups excluding tert-OH is 1. The third-order valence-electron chi connectivity index (χ3n) is 3.79. The first-order valence-electron chi connectivity index (χ1n) is 6.06. The van der Waals surface area contributed by atoms with Gasteiger partial charge in [-0.1, -0.05) is 33.6 Å². The number of nitrogens with one attached hydrogen (secondary N) is 1. The summed E-state index contributed by atoms with van der Waals surface area (Å²) in [6.07, 6.45) is 4.67. The molecule has 1 rings (SSSR count). The molecule has 0 saturated heterocycles. The molecule has 0 heterocycles. The Balaban J connectivity index is 2.28. The molecule has 84 valence electrons. The first kappa shape index (κ1) is 12.0. The van der Waals surface area contributed by atoms with Crippen molar-refractivity contribution >= 4 is 0 Å². The molecule has 2 nitrogen and oxygen atoms in total. The molecule has 0 amide bonds. The predicted octanol–water partition coefficient (Wildman–Crippen LogP) is 2.17. The van der Waals surface area contributed by atoms with E-state index in [1.807, 2.05) is 6.92 Å². The van der Waals surface area contributed by atoms with E-state index < -0.39 is 0 Å². The topological polar surface area (TPSA) is 32.3 Å². The molecule has 0 aromatic rings. The monoisotopic (exact) mass is 199 g/mol. The van der Waals surface area contributed by atoms with Crippen LogP contribution >= 0.6 is 0 Å². The van der Waals surface area contributed by atoms with Crippen molar-refractivity contribution in [3.05, 3.63) is 0 Å². The van der Waals surface area contributed by atoms with Gasteiger partial charge in [0.05, 0.1) is 6.10 Å². The zero-order valence-corrected chi connectivity index (χ0v) is 9.79. The maximum atomic E-state index is 9.48. The predicted molar refractivity (Wildman–Crippen MR) is 60.3 cm³/mol. The van der Waals surface area contributed by atoms with E-state index in [-0.39, 0.29) is 6.10 Å². The Morgan fingerprint density at radius 3 is 2.71 bits per heavy atom. The van der Waals surface area contributed by atoms with Gasteiger partial charge in [-0.3, -0.25) is 0 Å². The summed E-state index contributed by atoms with van der Waals surface area (Å²) >= 11 is 0. The fourth-order valence-electron chi connectivity index (χ4n) is 2.30. The van der Waals surface area contributed by atoms with Gasteiger partial charge >= 0.3 is 0 Å². The van der Waals surface area contributed by atoms with Crippen LogP contribution in [0.25, 0.3) is 0 Å². The Morgan fingerprint density at radius 1 is 1.36 bits per heavy atom. The zero-order chi connectivity index (χ0) is 10.6. The maximum Gasteiger partial charge on any atom is 0.0662 e. The van der Waals surface area contributed by atoms with Crippen LogP contribution in [0.2, 0.25) is 0 Å². The van der Waals surface area contributed by atoms with E-state index in [0.717, 1.165) is 24.8 Å². The second kappa shape index (κ2) is 5.72. The molecule has 2 N–H and O–H groups in total. The van der Waals surface area contributed by atoms with Crippen LogP contribution in [0, 0.1) is 11.8 Å². The van der Waals surface area contributed by atoms with E-state index in [1.165, 1.54) is 19.3 Å². The van der Waals surface area contributed by atoms with Crippen LogP contribution < -0.4 is 5.32 Å². The van der Waals surface area contributed by atoms with E-state index >= 15 is 0 Å². The van der Waals surface area contributed by atoms with Crippen molar-refractivity contribution in [3.63, 3.8) is 0 Å². The molecule has 1 aliphatic carbocycles. The molecule has 1 saturated carbocycles. The highest BCUT2D eigenvalue weighted by Crippen LogP contribution is 2.29. The molecule has 1 fully saturated rings. The summed E-state index contributed by atoms with van der Waals surface area (Å²) < 4.78 is 0. The lowest BCUT2D eigenvalue weighted by Gasteiger charge is -2.35. The van der Waals surface area contributed by atoms with Crippen molar-refractivity contribution in [2.75, 3.05) is 6.54 Å². The molecule has 0 radical (unpaired) electrons. The van der Waals surface area contributed by atoms with E-state index in [1.54, 1.807) is 0 Å². The minimum Gasteiger partial charge on any atom is -0.392 e. The summed E-state index contributed by atoms with van der Waals surface area (Å²) in [5.41, 5.74) is 0. The summed E-state index contributed by atoms with van der Waals surface area (Å²) in [4.78, 5) is 0. The van der Waals surface area contributed by atoms with Crippen LogP contribution in [0.4, 0.5) is 0 Å². The molecule has 14 heavy (non-hydrogen) atoms. The van der Waals surface area contributed by atoms with Crippen molar-refractivity contribution < 1.29 is 5.11 Å². The number of hydrogen-bond acceptors (Lipinski definition) is 2. The van der Waals surface area contributed by atoms with Crippen molar-refractivity contribution in [3.8, 4) is 0 Å². The largest absolute Gasteiger partial charge is 0.392 e. The van der Waals surface area contributed by atoms with Gasteiger partial charge in [0.15, 0.2) is 0 Å². The highest BCUT2D eigenvalue weighted by Gasteiger charge is 2.26. The molecule has 0 spiro atoms. The molecule has 1 aliphatic rings. The number of hydrogen-bond donors (Lipinski definition) is 2. The molecule has 0 aromatic heterocycles. The first-order chi connectivity index (χ1) is 6.65. The van der Waals surface area contributed by atoms with E-state index in [4.69, 9.17) is 0 Å². The van der Waals surface area contributed by atoms with Crippen molar-refractivity contribution in [2.45, 2.75) is 58.6 Å². The van der Waals surface area contributed by atoms with E-state index in [2.05, 4.69) is 19.2 Å². The Morgan fingerprint density at radius 2 is 2.07 bits per heavy atom. The van der Waals surface area contributed by atoms with Gasteiger partial charge in [-0.2, -0.15) is 0 Å². The molecule has 0 aromatic carbocycles. The van der Waals surface area contributed by atoms with Gasteiger partial charge in [0, 0.05) is 12.6 Å². The molecule has 4 atom stereocenters. The summed E-state index contributed by atoms with van der Waals surface area (Å²) in [7, 11) is 0. The standard InChI is InChI=1S/C12H25NO/c1-4-11(14)8-13-12-7-5-6-9(2)10(12)3/h9-14H,4-8H2,1-3H3. The van der Waals surface area contributed by atoms with Crippen LogP contribution in [0.3, 0.4) is 0 Å². The Labute approximate surface area is 88.1 Å². The quantitative estimate of drug-likeness (QED) is 0.727. The average Bonchev–Trinajstić information content (AvgIpc) is 2.20. The van der Waals surface area contributed by atoms with Crippen molar-refractivity contribution in [1.82, 2.24) is 5.32 Å². The number of aliphatic hydroxyl groups is 1. The Bertz CT molecular complexity index is 160. The fraction of sp³-hybridized carbons (Fsp3) is 1.00. The van der Waals surface area contributed by atoms with Crippen LogP contribution in [0.5, 0.6) is 0 Å². The summed E-state index contributed by atoms with van der Waals surface area (Å²) in [6, 6.07) is 0.625. The fourth-order valence-corrected chi connectivity index (χ4v) is 2.30. The molecular formula is C12H25NO. The van der Waals surface area contributed by atoms with Crippen LogP contribution in [0.15, 0.2) is 0 Å². The first-order valence-corrected chi connectivity index (χ1v) is 6.06. The Hall–Kier alpha value is -0.0800. The minimum atomic E-state index is -0.167. The highest BCUT2D eigenvalue weighted by atomic mass is 16.3. The van der Waals surface area contributed by atoms with Gasteiger partial charge in [-0.15, -0.1) is 0 Å². The number of rotatable bonds is 4. The van der Waals surface area contributed by atoms with Gasteiger partial charge in [0.1, 0.15) is 0 Å². The van der Waals surface area contributed by atoms with Gasteiger partial charge < -0.3 is 10.4 Å². The Kier molecular flexibility index (Phi) is 4.90. The van der Waals surface area contributed by atoms with Gasteiger partial charge in [0.2, 0.25) is 0 Å².